The van der Waals surface area contributed by atoms with E-state index in [4.69, 9.17) is 18.7 Å². The van der Waals surface area contributed by atoms with Crippen LogP contribution in [0.5, 0.6) is 11.5 Å². The van der Waals surface area contributed by atoms with Crippen molar-refractivity contribution in [2.75, 3.05) is 14.2 Å². The summed E-state index contributed by atoms with van der Waals surface area (Å²) in [5, 5.41) is 4.04. The van der Waals surface area contributed by atoms with Gasteiger partial charge < -0.3 is 18.7 Å². The summed E-state index contributed by atoms with van der Waals surface area (Å²) >= 11 is 0. The van der Waals surface area contributed by atoms with Gasteiger partial charge in [0, 0.05) is 6.42 Å². The van der Waals surface area contributed by atoms with Gasteiger partial charge in [0.25, 0.3) is 5.89 Å². The van der Waals surface area contributed by atoms with Crippen molar-refractivity contribution in [3.8, 4) is 11.5 Å². The van der Waals surface area contributed by atoms with Gasteiger partial charge in [-0.05, 0) is 37.5 Å². The van der Waals surface area contributed by atoms with Gasteiger partial charge in [0.05, 0.1) is 20.3 Å². The molecule has 1 fully saturated rings. The minimum absolute atomic E-state index is 0.0679. The maximum atomic E-state index is 5.74. The molecule has 0 amide bonds. The number of nitrogens with zero attached hydrogens (tertiary/aromatic N) is 2. The molecule has 3 rings (SSSR count). The second-order valence-electron chi connectivity index (χ2n) is 5.43. The first kappa shape index (κ1) is 14.8. The first-order valence-electron chi connectivity index (χ1n) is 7.38. The molecule has 1 saturated heterocycles. The van der Waals surface area contributed by atoms with Crippen LogP contribution in [0.3, 0.4) is 0 Å². The van der Waals surface area contributed by atoms with Gasteiger partial charge >= 0.3 is 0 Å². The minimum atomic E-state index is -0.0679. The SMILES string of the molecule is COc1ccc(Cc2noc([C@@H]3CC[C@@H](C)O3)n2)cc1OC. The van der Waals surface area contributed by atoms with Crippen LogP contribution >= 0.6 is 0 Å². The monoisotopic (exact) mass is 304 g/mol. The average molecular weight is 304 g/mol. The molecule has 1 aliphatic heterocycles. The number of hydrogen-bond donors (Lipinski definition) is 0. The van der Waals surface area contributed by atoms with E-state index in [2.05, 4.69) is 17.1 Å². The second kappa shape index (κ2) is 6.36. The third kappa shape index (κ3) is 3.06. The molecule has 6 nitrogen and oxygen atoms in total. The summed E-state index contributed by atoms with van der Waals surface area (Å²) in [7, 11) is 3.23. The Balaban J connectivity index is 1.72. The standard InChI is InChI=1S/C16H20N2O4/c1-10-4-6-13(21-10)16-17-15(18-22-16)9-11-5-7-12(19-2)14(8-11)20-3/h5,7-8,10,13H,4,6,9H2,1-3H3/t10-,13+/m1/s1. The van der Waals surface area contributed by atoms with Gasteiger partial charge in [-0.15, -0.1) is 0 Å². The lowest BCUT2D eigenvalue weighted by Crippen LogP contribution is -2.01. The Kier molecular flexibility index (Phi) is 4.29. The Morgan fingerprint density at radius 2 is 2.00 bits per heavy atom. The van der Waals surface area contributed by atoms with E-state index in [0.29, 0.717) is 29.6 Å². The molecule has 0 spiro atoms. The van der Waals surface area contributed by atoms with Gasteiger partial charge in [-0.1, -0.05) is 11.2 Å². The summed E-state index contributed by atoms with van der Waals surface area (Å²) < 4.78 is 21.6. The summed E-state index contributed by atoms with van der Waals surface area (Å²) in [6, 6.07) is 5.76. The maximum Gasteiger partial charge on any atom is 0.255 e. The third-order valence-electron chi connectivity index (χ3n) is 3.80. The molecule has 2 heterocycles. The van der Waals surface area contributed by atoms with Crippen molar-refractivity contribution in [2.45, 2.75) is 38.4 Å². The predicted molar refractivity (Wildman–Crippen MR) is 79.2 cm³/mol. The van der Waals surface area contributed by atoms with Crippen molar-refractivity contribution in [3.05, 3.63) is 35.5 Å². The van der Waals surface area contributed by atoms with Crippen molar-refractivity contribution in [2.24, 2.45) is 0 Å². The van der Waals surface area contributed by atoms with Crippen LogP contribution in [-0.4, -0.2) is 30.5 Å². The van der Waals surface area contributed by atoms with Crippen molar-refractivity contribution in [1.82, 2.24) is 10.1 Å². The van der Waals surface area contributed by atoms with Crippen LogP contribution in [0, 0.1) is 0 Å². The van der Waals surface area contributed by atoms with Gasteiger partial charge in [0.2, 0.25) is 0 Å². The summed E-state index contributed by atoms with van der Waals surface area (Å²) in [5.74, 6) is 2.61. The molecule has 0 aliphatic carbocycles. The van der Waals surface area contributed by atoms with E-state index in [1.165, 1.54) is 0 Å². The molecule has 2 atom stereocenters. The molecular formula is C16H20N2O4. The Bertz CT molecular complexity index is 641. The van der Waals surface area contributed by atoms with Crippen LogP contribution < -0.4 is 9.47 Å². The minimum Gasteiger partial charge on any atom is -0.493 e. The summed E-state index contributed by atoms with van der Waals surface area (Å²) in [6.07, 6.45) is 2.72. The predicted octanol–water partition coefficient (Wildman–Crippen LogP) is 2.92. The molecule has 118 valence electrons. The number of aromatic nitrogens is 2. The zero-order valence-electron chi connectivity index (χ0n) is 13.0. The highest BCUT2D eigenvalue weighted by Crippen LogP contribution is 2.32. The highest BCUT2D eigenvalue weighted by Gasteiger charge is 2.28. The molecule has 1 aliphatic rings. The number of hydrogen-bond acceptors (Lipinski definition) is 6. The molecule has 0 N–H and O–H groups in total. The van der Waals surface area contributed by atoms with E-state index in [-0.39, 0.29) is 12.2 Å². The summed E-state index contributed by atoms with van der Waals surface area (Å²) in [5.41, 5.74) is 1.03. The fourth-order valence-electron chi connectivity index (χ4n) is 2.63. The van der Waals surface area contributed by atoms with Gasteiger partial charge in [-0.2, -0.15) is 4.98 Å². The molecule has 1 aromatic carbocycles. The second-order valence-corrected chi connectivity index (χ2v) is 5.43. The lowest BCUT2D eigenvalue weighted by Gasteiger charge is -2.08. The lowest BCUT2D eigenvalue weighted by atomic mass is 10.1. The summed E-state index contributed by atoms with van der Waals surface area (Å²) in [6.45, 7) is 2.06. The van der Waals surface area contributed by atoms with E-state index >= 15 is 0 Å². The Labute approximate surface area is 129 Å². The van der Waals surface area contributed by atoms with Crippen molar-refractivity contribution >= 4 is 0 Å². The molecular weight excluding hydrogens is 284 g/mol. The fourth-order valence-corrected chi connectivity index (χ4v) is 2.63. The molecule has 0 radical (unpaired) electrons. The van der Waals surface area contributed by atoms with Crippen LogP contribution in [0.1, 0.15) is 43.1 Å². The Morgan fingerprint density at radius 1 is 1.18 bits per heavy atom. The van der Waals surface area contributed by atoms with Crippen LogP contribution in [0.25, 0.3) is 0 Å². The molecule has 6 heteroatoms. The van der Waals surface area contributed by atoms with E-state index in [1.54, 1.807) is 14.2 Å². The van der Waals surface area contributed by atoms with E-state index < -0.39 is 0 Å². The van der Waals surface area contributed by atoms with Gasteiger partial charge in [0.1, 0.15) is 6.10 Å². The molecule has 0 bridgehead atoms. The number of rotatable bonds is 5. The number of benzene rings is 1. The van der Waals surface area contributed by atoms with Crippen LogP contribution in [0.4, 0.5) is 0 Å². The van der Waals surface area contributed by atoms with Crippen LogP contribution in [-0.2, 0) is 11.2 Å². The number of ether oxygens (including phenoxy) is 3. The Hall–Kier alpha value is -2.08. The van der Waals surface area contributed by atoms with Crippen molar-refractivity contribution < 1.29 is 18.7 Å². The zero-order chi connectivity index (χ0) is 15.5. The van der Waals surface area contributed by atoms with Crippen LogP contribution in [0.15, 0.2) is 22.7 Å². The number of methoxy groups -OCH3 is 2. The normalized spacial score (nSPS) is 21.0. The molecule has 22 heavy (non-hydrogen) atoms. The van der Waals surface area contributed by atoms with Gasteiger partial charge in [-0.3, -0.25) is 0 Å². The molecule has 0 unspecified atom stereocenters. The smallest absolute Gasteiger partial charge is 0.255 e. The largest absolute Gasteiger partial charge is 0.493 e. The molecule has 0 saturated carbocycles. The fraction of sp³-hybridized carbons (Fsp3) is 0.500. The van der Waals surface area contributed by atoms with Crippen LogP contribution in [0.2, 0.25) is 0 Å². The Morgan fingerprint density at radius 3 is 2.68 bits per heavy atom. The van der Waals surface area contributed by atoms with E-state index in [1.807, 2.05) is 18.2 Å². The third-order valence-corrected chi connectivity index (χ3v) is 3.80. The molecule has 1 aromatic heterocycles. The quantitative estimate of drug-likeness (QED) is 0.846. The highest BCUT2D eigenvalue weighted by atomic mass is 16.5. The lowest BCUT2D eigenvalue weighted by molar-refractivity contribution is 0.0355. The van der Waals surface area contributed by atoms with E-state index in [0.717, 1.165) is 18.4 Å². The van der Waals surface area contributed by atoms with Crippen molar-refractivity contribution in [1.29, 1.82) is 0 Å². The zero-order valence-corrected chi connectivity index (χ0v) is 13.0. The topological polar surface area (TPSA) is 66.6 Å². The first-order chi connectivity index (χ1) is 10.7. The first-order valence-corrected chi connectivity index (χ1v) is 7.38. The maximum absolute atomic E-state index is 5.74. The van der Waals surface area contributed by atoms with Crippen molar-refractivity contribution in [3.63, 3.8) is 0 Å². The highest BCUT2D eigenvalue weighted by molar-refractivity contribution is 5.43. The van der Waals surface area contributed by atoms with E-state index in [9.17, 15) is 0 Å². The summed E-state index contributed by atoms with van der Waals surface area (Å²) in [4.78, 5) is 4.45. The molecule has 2 aromatic rings. The van der Waals surface area contributed by atoms with Gasteiger partial charge in [-0.25, -0.2) is 0 Å². The average Bonchev–Trinajstić information content (AvgIpc) is 3.16. The van der Waals surface area contributed by atoms with Gasteiger partial charge in [0.15, 0.2) is 17.3 Å².